The number of piperidine rings is 4. The molecule has 16 N–H and O–H groups in total. The maximum atomic E-state index is 12.3. The van der Waals surface area contributed by atoms with E-state index in [0.29, 0.717) is 82.1 Å². The van der Waals surface area contributed by atoms with Gasteiger partial charge in [-0.1, -0.05) is 83.9 Å². The number of carboxylic acid groups (broad SMARTS) is 1. The number of amides is 11. The van der Waals surface area contributed by atoms with Gasteiger partial charge in [0, 0.05) is 109 Å². The van der Waals surface area contributed by atoms with E-state index >= 15 is 0 Å². The zero-order valence-electron chi connectivity index (χ0n) is 56.4. The highest BCUT2D eigenvalue weighted by molar-refractivity contribution is 5.77. The summed E-state index contributed by atoms with van der Waals surface area (Å²) in [5.41, 5.74) is 25.8. The Morgan fingerprint density at radius 1 is 0.396 bits per heavy atom. The van der Waals surface area contributed by atoms with E-state index in [0.717, 1.165) is 170 Å². The summed E-state index contributed by atoms with van der Waals surface area (Å²) in [6.07, 6.45) is 15.0. The number of benzene rings is 4. The minimum atomic E-state index is -0.849. The predicted molar refractivity (Wildman–Crippen MR) is 366 cm³/mol. The monoisotopic (exact) mass is 1340 g/mol. The molecule has 4 heterocycles. The summed E-state index contributed by atoms with van der Waals surface area (Å²) in [4.78, 5) is 98.1. The summed E-state index contributed by atoms with van der Waals surface area (Å²) in [6.45, 7) is 13.5. The number of nitrogens with two attached hydrogens (primary N) is 2. The first kappa shape index (κ1) is 79.7. The van der Waals surface area contributed by atoms with E-state index in [4.69, 9.17) is 37.4 Å². The molecule has 0 aliphatic carbocycles. The van der Waals surface area contributed by atoms with E-state index in [1.807, 2.05) is 102 Å². The average Bonchev–Trinajstić information content (AvgIpc) is 1.65. The van der Waals surface area contributed by atoms with Gasteiger partial charge in [0.2, 0.25) is 23.6 Å². The lowest BCUT2D eigenvalue weighted by Gasteiger charge is -2.32. The van der Waals surface area contributed by atoms with E-state index in [-0.39, 0.29) is 41.7 Å². The van der Waals surface area contributed by atoms with Gasteiger partial charge in [-0.25, -0.2) is 41.1 Å². The number of rotatable bonds is 22. The number of anilines is 2. The quantitative estimate of drug-likeness (QED) is 0.0198. The zero-order valence-corrected chi connectivity index (χ0v) is 56.4. The van der Waals surface area contributed by atoms with E-state index in [1.54, 1.807) is 46.2 Å². The molecule has 0 aromatic heterocycles. The number of nitrogens with one attached hydrogen (secondary N) is 7. The molecule has 96 heavy (non-hydrogen) atoms. The predicted octanol–water partition coefficient (Wildman–Crippen LogP) is 9.68. The molecule has 0 unspecified atom stereocenters. The number of nitrogens with zero attached hydrogens (tertiary/aromatic N) is 4. The van der Waals surface area contributed by atoms with Gasteiger partial charge in [-0.05, 0) is 194 Å². The Morgan fingerprint density at radius 3 is 1.06 bits per heavy atom. The minimum absolute atomic E-state index is 0.00337. The van der Waals surface area contributed by atoms with Crippen LogP contribution in [0.1, 0.15) is 162 Å². The Kier molecular flexibility index (Phi) is 37.9. The van der Waals surface area contributed by atoms with Crippen molar-refractivity contribution in [2.45, 2.75) is 169 Å². The second kappa shape index (κ2) is 45.6. The molecule has 0 spiro atoms. The zero-order chi connectivity index (χ0) is 70.0. The molecule has 530 valence electrons. The third-order valence-corrected chi connectivity index (χ3v) is 17.9. The van der Waals surface area contributed by atoms with E-state index in [9.17, 15) is 38.4 Å². The topological polar surface area (TPSA) is 387 Å². The van der Waals surface area contributed by atoms with Crippen LogP contribution in [0.5, 0.6) is 0 Å². The van der Waals surface area contributed by atoms with Gasteiger partial charge >= 0.3 is 24.2 Å². The summed E-state index contributed by atoms with van der Waals surface area (Å²) in [6, 6.07) is 31.4. The lowest BCUT2D eigenvalue weighted by atomic mass is 9.91. The second-order valence-electron chi connectivity index (χ2n) is 25.3. The Bertz CT molecular complexity index is 2930. The molecule has 8 rings (SSSR count). The molecule has 4 aromatic rings. The molecule has 0 radical (unpaired) electrons. The van der Waals surface area contributed by atoms with Crippen LogP contribution in [0.2, 0.25) is 0 Å². The molecule has 4 fully saturated rings. The third-order valence-electron chi connectivity index (χ3n) is 17.9. The molecule has 26 nitrogen and oxygen atoms in total. The molecule has 4 aliphatic rings. The van der Waals surface area contributed by atoms with Gasteiger partial charge in [0.05, 0.1) is 0 Å². The van der Waals surface area contributed by atoms with Crippen molar-refractivity contribution in [1.82, 2.24) is 57.5 Å². The summed E-state index contributed by atoms with van der Waals surface area (Å²) >= 11 is 0. The lowest BCUT2D eigenvalue weighted by Crippen LogP contribution is -2.44. The fourth-order valence-electron chi connectivity index (χ4n) is 11.8. The van der Waals surface area contributed by atoms with Crippen molar-refractivity contribution in [3.63, 3.8) is 0 Å². The van der Waals surface area contributed by atoms with Gasteiger partial charge in [0.1, 0.15) is 0 Å². The van der Waals surface area contributed by atoms with Crippen molar-refractivity contribution in [3.05, 3.63) is 130 Å². The Hall–Kier alpha value is -8.72. The summed E-state index contributed by atoms with van der Waals surface area (Å²) < 4.78 is 0. The number of hydrogen-bond donors (Lipinski definition) is 14. The SMILES string of the molecule is Cc1ccc(CNC(=O)N2CCC(CCCC(=O)NO)CC2)cc1.Cc1cccc(CNC(=O)N2CCC(CCCC(=O)NO)CC2)c1.Cc1ccccc1CNC(=O)N1CCC(CCCC(=O)NO)CC1.Nc1ccc(N)cc1.O=C(CCCC1CCN(C(=O)O)CC1)NO. The molecule has 26 heteroatoms. The molecule has 4 saturated heterocycles. The maximum Gasteiger partial charge on any atom is 0.407 e. The summed E-state index contributed by atoms with van der Waals surface area (Å²) in [5.74, 6) is 0.811. The number of likely N-dealkylation sites (tertiary alicyclic amines) is 4. The normalized spacial score (nSPS) is 15.0. The van der Waals surface area contributed by atoms with Gasteiger partial charge in [-0.15, -0.1) is 0 Å². The van der Waals surface area contributed by atoms with Gasteiger partial charge in [0.25, 0.3) is 0 Å². The van der Waals surface area contributed by atoms with Crippen molar-refractivity contribution >= 4 is 59.2 Å². The molecule has 0 bridgehead atoms. The molecule has 4 aromatic carbocycles. The highest BCUT2D eigenvalue weighted by Crippen LogP contribution is 2.26. The van der Waals surface area contributed by atoms with E-state index < -0.39 is 6.09 Å². The fraction of sp³-hybridized carbons (Fsp3) is 0.543. The molecule has 0 atom stereocenters. The van der Waals surface area contributed by atoms with Crippen LogP contribution in [-0.4, -0.2) is 146 Å². The fourth-order valence-corrected chi connectivity index (χ4v) is 11.8. The standard InChI is InChI=1S/3C18H27N3O3.C10H18N2O4.C6H8N2/c1-14-4-2-6-16(12-14)13-19-18(23)21-10-8-15(9-11-21)5-3-7-17(22)20-24;1-14-5-2-3-7-16(14)13-19-18(23)21-11-9-15(10-12-21)6-4-8-17(22)20-24;1-14-5-7-16(8-6-14)13-19-18(23)21-11-9-15(10-12-21)3-2-4-17(22)20-24;13-9(11-16)3-1-2-8-4-6-12(7-5-8)10(14)15;7-5-1-2-6(8)4-3-5/h2,4,6,12,15,24H,3,5,7-11,13H2,1H3,(H,19,23)(H,20,22);2-3,5,7,15,24H,4,6,8-13H2,1H3,(H,19,23)(H,20,22);5-8,15,24H,2-4,9-13H2,1H3,(H,19,23)(H,20,22);8,16H,1-7H2,(H,11,13)(H,14,15);1-4H,7-8H2. The third kappa shape index (κ3) is 33.1. The number of carbonyl (C=O) groups is 8. The van der Waals surface area contributed by atoms with E-state index in [1.165, 1.54) is 21.6 Å². The first-order valence-electron chi connectivity index (χ1n) is 33.7. The highest BCUT2D eigenvalue weighted by Gasteiger charge is 2.26. The first-order valence-corrected chi connectivity index (χ1v) is 33.7. The number of nitrogen functional groups attached to an aromatic ring is 2. The van der Waals surface area contributed by atoms with E-state index in [2.05, 4.69) is 22.0 Å². The van der Waals surface area contributed by atoms with Crippen LogP contribution in [0.3, 0.4) is 0 Å². The minimum Gasteiger partial charge on any atom is -0.465 e. The van der Waals surface area contributed by atoms with Crippen LogP contribution in [0.15, 0.2) is 97.1 Å². The van der Waals surface area contributed by atoms with Crippen LogP contribution < -0.4 is 49.3 Å². The van der Waals surface area contributed by atoms with Crippen LogP contribution in [0.4, 0.5) is 30.6 Å². The Morgan fingerprint density at radius 2 is 0.729 bits per heavy atom. The Balaban J connectivity index is 0.000000264. The van der Waals surface area contributed by atoms with Gasteiger partial charge in [-0.3, -0.25) is 40.0 Å². The number of hydrogen-bond acceptors (Lipinski definition) is 14. The molecule has 11 amide bonds. The van der Waals surface area contributed by atoms with Crippen LogP contribution >= 0.6 is 0 Å². The van der Waals surface area contributed by atoms with Crippen molar-refractivity contribution in [2.75, 3.05) is 63.8 Å². The summed E-state index contributed by atoms with van der Waals surface area (Å²) in [7, 11) is 0. The summed E-state index contributed by atoms with van der Waals surface area (Å²) in [5, 5.41) is 51.4. The van der Waals surface area contributed by atoms with Crippen molar-refractivity contribution in [3.8, 4) is 0 Å². The first-order chi connectivity index (χ1) is 46.2. The number of urea groups is 3. The molecule has 4 aliphatic heterocycles. The Labute approximate surface area is 565 Å². The van der Waals surface area contributed by atoms with Crippen LogP contribution in [0, 0.1) is 44.4 Å². The number of aryl methyl sites for hydroxylation is 3. The van der Waals surface area contributed by atoms with Crippen molar-refractivity contribution in [1.29, 1.82) is 0 Å². The van der Waals surface area contributed by atoms with Gasteiger partial charge in [0.15, 0.2) is 0 Å². The van der Waals surface area contributed by atoms with Gasteiger partial charge in [-0.2, -0.15) is 0 Å². The average molecular weight is 1340 g/mol. The molecular weight excluding hydrogens is 1230 g/mol. The van der Waals surface area contributed by atoms with Crippen molar-refractivity contribution in [2.24, 2.45) is 23.7 Å². The second-order valence-corrected chi connectivity index (χ2v) is 25.3. The smallest absolute Gasteiger partial charge is 0.407 e. The van der Waals surface area contributed by atoms with Crippen LogP contribution in [-0.2, 0) is 38.8 Å². The van der Waals surface area contributed by atoms with Crippen LogP contribution in [0.25, 0.3) is 0 Å². The largest absolute Gasteiger partial charge is 0.465 e. The van der Waals surface area contributed by atoms with Crippen molar-refractivity contribution < 1.29 is 64.3 Å². The molecular formula is C70H107N13O13. The highest BCUT2D eigenvalue weighted by atomic mass is 16.5. The number of hydroxylamine groups is 4. The maximum absolute atomic E-state index is 12.3. The molecule has 0 saturated carbocycles. The van der Waals surface area contributed by atoms with Gasteiger partial charge < -0.3 is 52.1 Å². The number of carbonyl (C=O) groups excluding carboxylic acids is 7. The lowest BCUT2D eigenvalue weighted by molar-refractivity contribution is -0.130.